The van der Waals surface area contributed by atoms with E-state index in [2.05, 4.69) is 20.6 Å². The summed E-state index contributed by atoms with van der Waals surface area (Å²) in [6.45, 7) is 4.28. The number of piperidine rings is 2. The maximum absolute atomic E-state index is 12.6. The Labute approximate surface area is 156 Å². The van der Waals surface area contributed by atoms with Crippen molar-refractivity contribution in [2.45, 2.75) is 75.9 Å². The third-order valence-electron chi connectivity index (χ3n) is 6.44. The molecule has 144 valence electrons. The molecule has 1 atom stereocenters. The lowest BCUT2D eigenvalue weighted by molar-refractivity contribution is 0.0859. The van der Waals surface area contributed by atoms with Gasteiger partial charge in [-0.25, -0.2) is 0 Å². The average Bonchev–Trinajstić information content (AvgIpc) is 3.20. The highest BCUT2D eigenvalue weighted by molar-refractivity contribution is 5.92. The molecule has 1 unspecified atom stereocenters. The summed E-state index contributed by atoms with van der Waals surface area (Å²) in [7, 11) is 0. The summed E-state index contributed by atoms with van der Waals surface area (Å²) >= 11 is 0. The van der Waals surface area contributed by atoms with Crippen molar-refractivity contribution < 1.29 is 4.79 Å². The molecule has 6 heteroatoms. The molecule has 1 amide bonds. The monoisotopic (exact) mass is 359 g/mol. The highest BCUT2D eigenvalue weighted by atomic mass is 16.2. The van der Waals surface area contributed by atoms with Gasteiger partial charge in [-0.1, -0.05) is 19.3 Å². The maximum atomic E-state index is 12.6. The van der Waals surface area contributed by atoms with E-state index < -0.39 is 0 Å². The van der Waals surface area contributed by atoms with Crippen LogP contribution in [0.1, 0.15) is 74.3 Å². The smallest absolute Gasteiger partial charge is 0.271 e. The van der Waals surface area contributed by atoms with Gasteiger partial charge in [-0.15, -0.1) is 0 Å². The fraction of sp³-hybridized carbons (Fsp3) is 0.800. The second-order valence-electron chi connectivity index (χ2n) is 8.26. The van der Waals surface area contributed by atoms with Crippen molar-refractivity contribution >= 4 is 5.91 Å². The van der Waals surface area contributed by atoms with Crippen LogP contribution in [-0.2, 0) is 0 Å². The Morgan fingerprint density at radius 3 is 2.54 bits per heavy atom. The van der Waals surface area contributed by atoms with Crippen LogP contribution >= 0.6 is 0 Å². The summed E-state index contributed by atoms with van der Waals surface area (Å²) < 4.78 is 1.97. The van der Waals surface area contributed by atoms with E-state index in [1.54, 1.807) is 0 Å². The average molecular weight is 360 g/mol. The van der Waals surface area contributed by atoms with Crippen molar-refractivity contribution in [1.29, 1.82) is 0 Å². The van der Waals surface area contributed by atoms with Gasteiger partial charge in [0.2, 0.25) is 0 Å². The number of hydrogen-bond acceptors (Lipinski definition) is 4. The zero-order chi connectivity index (χ0) is 17.8. The van der Waals surface area contributed by atoms with Crippen LogP contribution in [0.3, 0.4) is 0 Å². The summed E-state index contributed by atoms with van der Waals surface area (Å²) in [5.74, 6) is -0.0105. The molecular formula is C20H33N5O. The van der Waals surface area contributed by atoms with Crippen LogP contribution in [0.25, 0.3) is 0 Å². The van der Waals surface area contributed by atoms with Gasteiger partial charge in [0.05, 0.1) is 6.04 Å². The van der Waals surface area contributed by atoms with E-state index in [1.807, 2.05) is 16.9 Å². The Morgan fingerprint density at radius 2 is 1.81 bits per heavy atom. The zero-order valence-electron chi connectivity index (χ0n) is 15.8. The lowest BCUT2D eigenvalue weighted by atomic mass is 9.92. The molecule has 26 heavy (non-hydrogen) atoms. The van der Waals surface area contributed by atoms with Gasteiger partial charge in [0.1, 0.15) is 5.69 Å². The largest absolute Gasteiger partial charge is 0.348 e. The molecule has 4 rings (SSSR count). The van der Waals surface area contributed by atoms with Crippen molar-refractivity contribution in [1.82, 2.24) is 25.3 Å². The molecule has 1 aromatic rings. The lowest BCUT2D eigenvalue weighted by Crippen LogP contribution is -2.48. The topological polar surface area (TPSA) is 62.2 Å². The third kappa shape index (κ3) is 4.29. The quantitative estimate of drug-likeness (QED) is 0.866. The van der Waals surface area contributed by atoms with E-state index in [-0.39, 0.29) is 5.91 Å². The minimum Gasteiger partial charge on any atom is -0.348 e. The molecule has 2 saturated heterocycles. The summed E-state index contributed by atoms with van der Waals surface area (Å²) in [5.41, 5.74) is 0.560. The Bertz CT molecular complexity index is 581. The summed E-state index contributed by atoms with van der Waals surface area (Å²) in [5, 5.41) is 11.2. The SMILES string of the molecule is O=C(NC1CCN(C2CCCCC2)CC1)c1ccn(C2CCCNC2)n1. The van der Waals surface area contributed by atoms with Crippen molar-refractivity contribution in [2.75, 3.05) is 26.2 Å². The highest BCUT2D eigenvalue weighted by Crippen LogP contribution is 2.25. The molecule has 0 bridgehead atoms. The number of carbonyl (C=O) groups excluding carboxylic acids is 1. The van der Waals surface area contributed by atoms with E-state index in [0.29, 0.717) is 17.8 Å². The Hall–Kier alpha value is -1.40. The Kier molecular flexibility index (Phi) is 5.90. The number of hydrogen-bond donors (Lipinski definition) is 2. The van der Waals surface area contributed by atoms with E-state index in [1.165, 1.54) is 38.5 Å². The normalized spacial score (nSPS) is 26.7. The number of nitrogens with zero attached hydrogens (tertiary/aromatic N) is 3. The van der Waals surface area contributed by atoms with Crippen LogP contribution in [0, 0.1) is 0 Å². The van der Waals surface area contributed by atoms with Crippen molar-refractivity contribution in [3.05, 3.63) is 18.0 Å². The molecule has 1 aromatic heterocycles. The Balaban J connectivity index is 1.25. The van der Waals surface area contributed by atoms with Crippen LogP contribution in [0.4, 0.5) is 0 Å². The molecule has 1 saturated carbocycles. The van der Waals surface area contributed by atoms with E-state index in [9.17, 15) is 4.79 Å². The molecule has 6 nitrogen and oxygen atoms in total. The number of rotatable bonds is 4. The number of carbonyl (C=O) groups is 1. The third-order valence-corrected chi connectivity index (χ3v) is 6.44. The molecule has 0 aromatic carbocycles. The summed E-state index contributed by atoms with van der Waals surface area (Å²) in [6.07, 6.45) is 13.3. The van der Waals surface area contributed by atoms with Crippen LogP contribution < -0.4 is 10.6 Å². The fourth-order valence-electron chi connectivity index (χ4n) is 4.84. The van der Waals surface area contributed by atoms with Gasteiger partial charge in [-0.3, -0.25) is 9.48 Å². The molecule has 3 aliphatic rings. The molecule has 3 heterocycles. The van der Waals surface area contributed by atoms with Crippen LogP contribution in [-0.4, -0.2) is 58.9 Å². The number of aromatic nitrogens is 2. The predicted octanol–water partition coefficient (Wildman–Crippen LogP) is 2.33. The maximum Gasteiger partial charge on any atom is 0.271 e. The summed E-state index contributed by atoms with van der Waals surface area (Å²) in [6, 6.07) is 3.33. The molecule has 3 fully saturated rings. The molecule has 2 N–H and O–H groups in total. The first-order valence-electron chi connectivity index (χ1n) is 10.6. The second kappa shape index (κ2) is 8.53. The molecule has 0 radical (unpaired) electrons. The Morgan fingerprint density at radius 1 is 1.04 bits per heavy atom. The number of nitrogens with one attached hydrogen (secondary N) is 2. The minimum atomic E-state index is -0.0105. The molecular weight excluding hydrogens is 326 g/mol. The number of amides is 1. The van der Waals surface area contributed by atoms with Gasteiger partial charge in [-0.05, 0) is 51.1 Å². The summed E-state index contributed by atoms with van der Waals surface area (Å²) in [4.78, 5) is 15.2. The predicted molar refractivity (Wildman–Crippen MR) is 102 cm³/mol. The van der Waals surface area contributed by atoms with E-state index >= 15 is 0 Å². The van der Waals surface area contributed by atoms with Gasteiger partial charge in [0.25, 0.3) is 5.91 Å². The number of likely N-dealkylation sites (tertiary alicyclic amines) is 1. The van der Waals surface area contributed by atoms with Crippen molar-refractivity contribution in [3.63, 3.8) is 0 Å². The first-order valence-corrected chi connectivity index (χ1v) is 10.6. The van der Waals surface area contributed by atoms with Crippen LogP contribution in [0.15, 0.2) is 12.3 Å². The molecule has 1 aliphatic carbocycles. The van der Waals surface area contributed by atoms with Gasteiger partial charge in [0, 0.05) is 37.9 Å². The van der Waals surface area contributed by atoms with Crippen molar-refractivity contribution in [3.8, 4) is 0 Å². The van der Waals surface area contributed by atoms with E-state index in [0.717, 1.165) is 51.5 Å². The van der Waals surface area contributed by atoms with Gasteiger partial charge in [-0.2, -0.15) is 5.10 Å². The minimum absolute atomic E-state index is 0.0105. The fourth-order valence-corrected chi connectivity index (χ4v) is 4.84. The van der Waals surface area contributed by atoms with E-state index in [4.69, 9.17) is 0 Å². The van der Waals surface area contributed by atoms with Gasteiger partial charge >= 0.3 is 0 Å². The van der Waals surface area contributed by atoms with Crippen LogP contribution in [0.5, 0.6) is 0 Å². The lowest BCUT2D eigenvalue weighted by Gasteiger charge is -2.39. The first kappa shape index (κ1) is 18.0. The zero-order valence-corrected chi connectivity index (χ0v) is 15.8. The van der Waals surface area contributed by atoms with Crippen molar-refractivity contribution in [2.24, 2.45) is 0 Å². The second-order valence-corrected chi connectivity index (χ2v) is 8.26. The molecule has 2 aliphatic heterocycles. The van der Waals surface area contributed by atoms with Gasteiger partial charge in [0.15, 0.2) is 0 Å². The first-order chi connectivity index (χ1) is 12.8. The van der Waals surface area contributed by atoms with Gasteiger partial charge < -0.3 is 15.5 Å². The van der Waals surface area contributed by atoms with Crippen LogP contribution in [0.2, 0.25) is 0 Å². The highest BCUT2D eigenvalue weighted by Gasteiger charge is 2.27. The molecule has 0 spiro atoms. The standard InChI is InChI=1S/C20H33N5O/c26-20(19-10-14-25(23-19)18-7-4-11-21-15-18)22-16-8-12-24(13-9-16)17-5-2-1-3-6-17/h10,14,16-18,21H,1-9,11-13,15H2,(H,22,26).